The topological polar surface area (TPSA) is 91.9 Å². The Labute approximate surface area is 196 Å². The first-order chi connectivity index (χ1) is 15.8. The molecule has 1 aliphatic rings. The third kappa shape index (κ3) is 3.77. The molecule has 0 saturated carbocycles. The van der Waals surface area contributed by atoms with Gasteiger partial charge in [-0.2, -0.15) is 0 Å². The number of ether oxygens (including phenoxy) is 2. The Morgan fingerprint density at radius 2 is 1.91 bits per heavy atom. The number of hydrogen-bond acceptors (Lipinski definition) is 5. The number of para-hydroxylation sites is 1. The number of nitrogens with zero attached hydrogens (tertiary/aromatic N) is 1. The molecule has 1 aliphatic heterocycles. The predicted octanol–water partition coefficient (Wildman–Crippen LogP) is 4.51. The number of hydrogen-bond donors (Lipinski definition) is 2. The lowest BCUT2D eigenvalue weighted by Crippen LogP contribution is -2.32. The molecule has 2 N–H and O–H groups in total. The number of aromatic nitrogens is 1. The summed E-state index contributed by atoms with van der Waals surface area (Å²) in [6.07, 6.45) is 0. The summed E-state index contributed by atoms with van der Waals surface area (Å²) < 4.78 is 10.6. The molecular weight excluding hydrogens is 444 g/mol. The van der Waals surface area contributed by atoms with Crippen LogP contribution in [0, 0.1) is 13.8 Å². The number of aliphatic hydroxyl groups is 1. The highest BCUT2D eigenvalue weighted by atomic mass is 35.5. The number of carbonyl (C=O) groups excluding carboxylic acids is 2. The van der Waals surface area contributed by atoms with Gasteiger partial charge in [-0.1, -0.05) is 29.8 Å². The van der Waals surface area contributed by atoms with Gasteiger partial charge >= 0.3 is 0 Å². The molecule has 1 fully saturated rings. The highest BCUT2D eigenvalue weighted by Crippen LogP contribution is 2.45. The Morgan fingerprint density at radius 3 is 2.61 bits per heavy atom. The highest BCUT2D eigenvalue weighted by Gasteiger charge is 2.47. The number of aryl methyl sites for hydroxylation is 2. The van der Waals surface area contributed by atoms with Crippen LogP contribution in [-0.2, 0) is 14.3 Å². The molecule has 33 heavy (non-hydrogen) atoms. The second-order valence-electron chi connectivity index (χ2n) is 8.02. The number of fused-ring (bicyclic) bond motifs is 1. The minimum atomic E-state index is -0.805. The molecule has 2 aromatic carbocycles. The van der Waals surface area contributed by atoms with Crippen molar-refractivity contribution in [3.05, 3.63) is 69.4 Å². The van der Waals surface area contributed by atoms with Crippen molar-refractivity contribution >= 4 is 40.0 Å². The van der Waals surface area contributed by atoms with Gasteiger partial charge in [0.1, 0.15) is 11.5 Å². The van der Waals surface area contributed by atoms with Crippen molar-refractivity contribution in [3.8, 4) is 5.75 Å². The lowest BCUT2D eigenvalue weighted by atomic mass is 9.92. The molecule has 8 heteroatoms. The zero-order valence-electron chi connectivity index (χ0n) is 18.9. The molecule has 0 spiro atoms. The van der Waals surface area contributed by atoms with Gasteiger partial charge in [-0.15, -0.1) is 0 Å². The predicted molar refractivity (Wildman–Crippen MR) is 127 cm³/mol. The van der Waals surface area contributed by atoms with Gasteiger partial charge in [0.25, 0.3) is 11.7 Å². The minimum Gasteiger partial charge on any atom is -0.507 e. The van der Waals surface area contributed by atoms with Crippen LogP contribution in [0.25, 0.3) is 16.7 Å². The molecule has 0 bridgehead atoms. The average Bonchev–Trinajstić information content (AvgIpc) is 3.23. The van der Waals surface area contributed by atoms with E-state index in [2.05, 4.69) is 4.98 Å². The van der Waals surface area contributed by atoms with Crippen molar-refractivity contribution in [3.63, 3.8) is 0 Å². The molecule has 0 radical (unpaired) electrons. The summed E-state index contributed by atoms with van der Waals surface area (Å²) in [6, 6.07) is 10.2. The summed E-state index contributed by atoms with van der Waals surface area (Å²) in [6.45, 7) is 4.13. The van der Waals surface area contributed by atoms with E-state index in [0.29, 0.717) is 5.02 Å². The molecule has 1 atom stereocenters. The van der Waals surface area contributed by atoms with E-state index in [1.54, 1.807) is 12.1 Å². The van der Waals surface area contributed by atoms with Crippen molar-refractivity contribution in [1.29, 1.82) is 0 Å². The number of benzene rings is 2. The van der Waals surface area contributed by atoms with Gasteiger partial charge in [0.2, 0.25) is 0 Å². The van der Waals surface area contributed by atoms with Crippen LogP contribution >= 0.6 is 11.6 Å². The molecule has 0 aliphatic carbocycles. The van der Waals surface area contributed by atoms with Gasteiger partial charge in [0, 0.05) is 35.8 Å². The Balaban J connectivity index is 2.03. The van der Waals surface area contributed by atoms with Crippen LogP contribution in [0.1, 0.15) is 28.4 Å². The Morgan fingerprint density at radius 1 is 1.18 bits per heavy atom. The van der Waals surface area contributed by atoms with Crippen LogP contribution in [-0.4, -0.2) is 54.1 Å². The molecule has 1 aromatic heterocycles. The number of carbonyl (C=O) groups is 2. The fourth-order valence-electron chi connectivity index (χ4n) is 4.51. The first-order valence-electron chi connectivity index (χ1n) is 10.5. The Hall–Kier alpha value is -3.29. The van der Waals surface area contributed by atoms with Crippen molar-refractivity contribution in [2.45, 2.75) is 19.9 Å². The summed E-state index contributed by atoms with van der Waals surface area (Å²) >= 11 is 6.34. The van der Waals surface area contributed by atoms with Gasteiger partial charge in [0.15, 0.2) is 0 Å². The monoisotopic (exact) mass is 468 g/mol. The van der Waals surface area contributed by atoms with Crippen LogP contribution in [0.4, 0.5) is 0 Å². The maximum absolute atomic E-state index is 13.3. The normalized spacial score (nSPS) is 17.8. The Kier molecular flexibility index (Phi) is 6.19. The third-order valence-electron chi connectivity index (χ3n) is 5.94. The fraction of sp³-hybridized carbons (Fsp3) is 0.280. The number of H-pyrrole nitrogens is 1. The van der Waals surface area contributed by atoms with E-state index in [1.807, 2.05) is 38.1 Å². The maximum atomic E-state index is 13.3. The van der Waals surface area contributed by atoms with E-state index in [0.717, 1.165) is 27.7 Å². The van der Waals surface area contributed by atoms with Gasteiger partial charge in [-0.3, -0.25) is 9.59 Å². The lowest BCUT2D eigenvalue weighted by molar-refractivity contribution is -0.140. The number of rotatable bonds is 6. The molecule has 2 heterocycles. The number of methoxy groups -OCH3 is 2. The number of nitrogens with one attached hydrogen (secondary N) is 1. The van der Waals surface area contributed by atoms with Crippen molar-refractivity contribution in [2.24, 2.45) is 0 Å². The zero-order valence-corrected chi connectivity index (χ0v) is 19.6. The number of amides is 1. The molecule has 1 amide bonds. The van der Waals surface area contributed by atoms with E-state index in [-0.39, 0.29) is 35.8 Å². The summed E-state index contributed by atoms with van der Waals surface area (Å²) in [5.41, 5.74) is 3.44. The molecule has 4 rings (SSSR count). The van der Waals surface area contributed by atoms with E-state index < -0.39 is 17.7 Å². The van der Waals surface area contributed by atoms with Crippen molar-refractivity contribution in [2.75, 3.05) is 27.4 Å². The van der Waals surface area contributed by atoms with Gasteiger partial charge < -0.3 is 24.5 Å². The number of aromatic amines is 1. The molecular formula is C25H25ClN2O5. The summed E-state index contributed by atoms with van der Waals surface area (Å²) in [5, 5.41) is 12.6. The number of Topliss-reactive ketones (excluding diaryl/α,β-unsaturated/α-hetero) is 1. The van der Waals surface area contributed by atoms with Crippen LogP contribution in [0.5, 0.6) is 5.75 Å². The first kappa shape index (κ1) is 22.9. The van der Waals surface area contributed by atoms with E-state index in [1.165, 1.54) is 19.1 Å². The maximum Gasteiger partial charge on any atom is 0.295 e. The number of aliphatic hydroxyl groups excluding tert-OH is 1. The first-order valence-corrected chi connectivity index (χ1v) is 10.9. The SMILES string of the molecule is COCCN1C(=O)C(=O)/C(=C(/O)c2cc(C)cc(Cl)c2OC)C1c1c(C)[nH]c2ccccc12. The van der Waals surface area contributed by atoms with E-state index in [9.17, 15) is 14.7 Å². The summed E-state index contributed by atoms with van der Waals surface area (Å²) in [5.74, 6) is -1.55. The molecule has 172 valence electrons. The van der Waals surface area contributed by atoms with E-state index >= 15 is 0 Å². The minimum absolute atomic E-state index is 0.0103. The van der Waals surface area contributed by atoms with Crippen LogP contribution < -0.4 is 4.74 Å². The second-order valence-corrected chi connectivity index (χ2v) is 8.43. The zero-order chi connectivity index (χ0) is 23.9. The highest BCUT2D eigenvalue weighted by molar-refractivity contribution is 6.47. The number of halogens is 1. The molecule has 3 aromatic rings. The standard InChI is InChI=1S/C25H25ClN2O5/c1-13-11-16(24(33-4)17(26)12-13)22(29)20-21(28(9-10-32-3)25(31)23(20)30)19-14(2)27-18-8-6-5-7-15(18)19/h5-8,11-12,21,27,29H,9-10H2,1-4H3/b22-20+. The molecule has 1 unspecified atom stereocenters. The second kappa shape index (κ2) is 8.92. The third-order valence-corrected chi connectivity index (χ3v) is 6.22. The number of ketones is 1. The van der Waals surface area contributed by atoms with Gasteiger partial charge in [0.05, 0.1) is 35.9 Å². The fourth-order valence-corrected chi connectivity index (χ4v) is 4.86. The largest absolute Gasteiger partial charge is 0.507 e. The quantitative estimate of drug-likeness (QED) is 0.315. The van der Waals surface area contributed by atoms with Crippen LogP contribution in [0.15, 0.2) is 42.0 Å². The molecule has 1 saturated heterocycles. The van der Waals surface area contributed by atoms with Crippen LogP contribution in [0.3, 0.4) is 0 Å². The molecule has 7 nitrogen and oxygen atoms in total. The van der Waals surface area contributed by atoms with Gasteiger partial charge in [-0.25, -0.2) is 0 Å². The van der Waals surface area contributed by atoms with Crippen molar-refractivity contribution in [1.82, 2.24) is 9.88 Å². The summed E-state index contributed by atoms with van der Waals surface area (Å²) in [7, 11) is 2.97. The smallest absolute Gasteiger partial charge is 0.295 e. The summed E-state index contributed by atoms with van der Waals surface area (Å²) in [4.78, 5) is 31.2. The van der Waals surface area contributed by atoms with Crippen molar-refractivity contribution < 1.29 is 24.2 Å². The average molecular weight is 469 g/mol. The lowest BCUT2D eigenvalue weighted by Gasteiger charge is -2.25. The van der Waals surface area contributed by atoms with Gasteiger partial charge in [-0.05, 0) is 37.6 Å². The van der Waals surface area contributed by atoms with Crippen LogP contribution in [0.2, 0.25) is 5.02 Å². The Bertz CT molecular complexity index is 1290. The van der Waals surface area contributed by atoms with E-state index in [4.69, 9.17) is 21.1 Å². The number of likely N-dealkylation sites (tertiary alicyclic amines) is 1.